The first-order valence-corrected chi connectivity index (χ1v) is 9.62. The van der Waals surface area contributed by atoms with Gasteiger partial charge in [-0.3, -0.25) is 14.4 Å². The Morgan fingerprint density at radius 2 is 1.37 bits per heavy atom. The highest BCUT2D eigenvalue weighted by Crippen LogP contribution is 2.46. The van der Waals surface area contributed by atoms with Crippen LogP contribution in [-0.4, -0.2) is 23.8 Å². The number of rotatable bonds is 5. The molecule has 0 saturated carbocycles. The van der Waals surface area contributed by atoms with Crippen LogP contribution in [0, 0.1) is 0 Å². The number of benzene rings is 3. The van der Waals surface area contributed by atoms with Crippen molar-refractivity contribution in [2.24, 2.45) is 5.73 Å². The third kappa shape index (κ3) is 3.55. The molecule has 150 valence electrons. The molecule has 1 atom stereocenters. The van der Waals surface area contributed by atoms with Crippen LogP contribution in [0.5, 0.6) is 0 Å². The smallest absolute Gasteiger partial charge is 0.251 e. The van der Waals surface area contributed by atoms with E-state index in [4.69, 9.17) is 5.73 Å². The quantitative estimate of drug-likeness (QED) is 0.615. The number of hydrogen-bond acceptors (Lipinski definition) is 3. The highest BCUT2D eigenvalue weighted by atomic mass is 16.2. The van der Waals surface area contributed by atoms with Gasteiger partial charge in [-0.25, -0.2) is 0 Å². The number of carbonyl (C=O) groups excluding carboxylic acids is 3. The van der Waals surface area contributed by atoms with E-state index in [2.05, 4.69) is 10.6 Å². The minimum absolute atomic E-state index is 0.195. The molecule has 6 heteroatoms. The Balaban J connectivity index is 1.64. The topological polar surface area (TPSA) is 101 Å². The first-order valence-electron chi connectivity index (χ1n) is 9.62. The van der Waals surface area contributed by atoms with Gasteiger partial charge in [0.25, 0.3) is 5.91 Å². The second kappa shape index (κ2) is 7.83. The van der Waals surface area contributed by atoms with Gasteiger partial charge in [0.05, 0.1) is 0 Å². The molecule has 0 heterocycles. The van der Waals surface area contributed by atoms with Gasteiger partial charge in [0.1, 0.15) is 6.04 Å². The maximum atomic E-state index is 12.9. The van der Waals surface area contributed by atoms with Crippen molar-refractivity contribution in [3.8, 4) is 11.1 Å². The van der Waals surface area contributed by atoms with Crippen LogP contribution in [0.2, 0.25) is 0 Å². The van der Waals surface area contributed by atoms with Crippen LogP contribution >= 0.6 is 0 Å². The molecular weight excluding hydrogens is 378 g/mol. The number of primary amides is 1. The number of nitrogens with two attached hydrogens (primary N) is 1. The summed E-state index contributed by atoms with van der Waals surface area (Å²) in [5.74, 6) is -1.57. The predicted octanol–water partition coefficient (Wildman–Crippen LogP) is 3.04. The van der Waals surface area contributed by atoms with Gasteiger partial charge in [0, 0.05) is 24.1 Å². The predicted molar refractivity (Wildman–Crippen MR) is 115 cm³/mol. The summed E-state index contributed by atoms with van der Waals surface area (Å²) >= 11 is 0. The number of nitrogens with one attached hydrogen (secondary N) is 2. The summed E-state index contributed by atoms with van der Waals surface area (Å²) in [6.07, 6.45) is 0. The Morgan fingerprint density at radius 1 is 0.833 bits per heavy atom. The monoisotopic (exact) mass is 399 g/mol. The zero-order valence-electron chi connectivity index (χ0n) is 16.4. The minimum atomic E-state index is -0.905. The van der Waals surface area contributed by atoms with Crippen LogP contribution in [0.4, 0.5) is 5.69 Å². The van der Waals surface area contributed by atoms with Gasteiger partial charge < -0.3 is 16.4 Å². The minimum Gasteiger partial charge on any atom is -0.368 e. The molecule has 0 aromatic heterocycles. The fourth-order valence-corrected chi connectivity index (χ4v) is 4.01. The Hall–Kier alpha value is -3.93. The second-order valence-corrected chi connectivity index (χ2v) is 7.26. The number of anilines is 1. The van der Waals surface area contributed by atoms with Crippen molar-refractivity contribution < 1.29 is 14.4 Å². The normalized spacial score (nSPS) is 13.1. The molecule has 3 aromatic rings. The lowest BCUT2D eigenvalue weighted by atomic mass is 9.88. The molecule has 0 radical (unpaired) electrons. The molecule has 1 aliphatic rings. The molecule has 4 rings (SSSR count). The van der Waals surface area contributed by atoms with Crippen LogP contribution in [0.1, 0.15) is 34.3 Å². The van der Waals surface area contributed by atoms with Gasteiger partial charge >= 0.3 is 0 Å². The summed E-state index contributed by atoms with van der Waals surface area (Å²) in [5.41, 5.74) is 10.7. The van der Waals surface area contributed by atoms with Crippen molar-refractivity contribution in [1.29, 1.82) is 0 Å². The molecule has 0 fully saturated rings. The zero-order valence-corrected chi connectivity index (χ0v) is 16.4. The van der Waals surface area contributed by atoms with E-state index in [1.807, 2.05) is 48.5 Å². The van der Waals surface area contributed by atoms with E-state index >= 15 is 0 Å². The summed E-state index contributed by atoms with van der Waals surface area (Å²) in [5, 5.41) is 5.47. The van der Waals surface area contributed by atoms with Gasteiger partial charge in [-0.2, -0.15) is 0 Å². The highest BCUT2D eigenvalue weighted by molar-refractivity contribution is 5.99. The summed E-state index contributed by atoms with van der Waals surface area (Å²) in [4.78, 5) is 36.4. The highest BCUT2D eigenvalue weighted by Gasteiger charge is 2.37. The van der Waals surface area contributed by atoms with Crippen LogP contribution < -0.4 is 16.4 Å². The van der Waals surface area contributed by atoms with E-state index < -0.39 is 17.9 Å². The van der Waals surface area contributed by atoms with Crippen LogP contribution in [-0.2, 0) is 9.59 Å². The molecule has 6 nitrogen and oxygen atoms in total. The van der Waals surface area contributed by atoms with Crippen molar-refractivity contribution >= 4 is 23.4 Å². The number of carbonyl (C=O) groups is 3. The fraction of sp³-hybridized carbons (Fsp3) is 0.125. The van der Waals surface area contributed by atoms with Crippen LogP contribution in [0.15, 0.2) is 72.8 Å². The molecule has 30 heavy (non-hydrogen) atoms. The first kappa shape index (κ1) is 19.4. The Morgan fingerprint density at radius 3 is 1.87 bits per heavy atom. The lowest BCUT2D eigenvalue weighted by molar-refractivity contribution is -0.120. The van der Waals surface area contributed by atoms with Gasteiger partial charge in [0.15, 0.2) is 0 Å². The van der Waals surface area contributed by atoms with E-state index in [9.17, 15) is 14.4 Å². The molecule has 0 unspecified atom stereocenters. The maximum absolute atomic E-state index is 12.9. The van der Waals surface area contributed by atoms with Crippen molar-refractivity contribution in [3.05, 3.63) is 89.5 Å². The number of amides is 3. The third-order valence-corrected chi connectivity index (χ3v) is 5.28. The zero-order chi connectivity index (χ0) is 21.3. The average molecular weight is 399 g/mol. The van der Waals surface area contributed by atoms with Crippen molar-refractivity contribution in [3.63, 3.8) is 0 Å². The summed E-state index contributed by atoms with van der Waals surface area (Å²) in [7, 11) is 0. The molecule has 3 amide bonds. The van der Waals surface area contributed by atoms with Gasteiger partial charge in [-0.15, -0.1) is 0 Å². The lowest BCUT2D eigenvalue weighted by Crippen LogP contribution is -2.48. The molecule has 1 aliphatic carbocycles. The van der Waals surface area contributed by atoms with E-state index in [-0.39, 0.29) is 11.8 Å². The Bertz CT molecular complexity index is 1090. The first-order chi connectivity index (χ1) is 14.5. The van der Waals surface area contributed by atoms with Crippen molar-refractivity contribution in [1.82, 2.24) is 5.32 Å². The average Bonchev–Trinajstić information content (AvgIpc) is 3.06. The molecule has 0 spiro atoms. The summed E-state index contributed by atoms with van der Waals surface area (Å²) in [6.45, 7) is 1.41. The van der Waals surface area contributed by atoms with Gasteiger partial charge in [-0.1, -0.05) is 48.5 Å². The molecular formula is C24H21N3O3. The van der Waals surface area contributed by atoms with E-state index in [1.165, 1.54) is 6.92 Å². The molecule has 4 N–H and O–H groups in total. The summed E-state index contributed by atoms with van der Waals surface area (Å²) in [6, 6.07) is 21.2. The summed E-state index contributed by atoms with van der Waals surface area (Å²) < 4.78 is 0. The largest absolute Gasteiger partial charge is 0.368 e. The van der Waals surface area contributed by atoms with Crippen molar-refractivity contribution in [2.45, 2.75) is 18.9 Å². The SMILES string of the molecule is CC(=O)Nc1ccc(C(=O)N[C@H](C(N)=O)C2c3ccccc3-c3ccccc32)cc1. The second-order valence-electron chi connectivity index (χ2n) is 7.26. The molecule has 0 saturated heterocycles. The fourth-order valence-electron chi connectivity index (χ4n) is 4.01. The number of hydrogen-bond donors (Lipinski definition) is 3. The van der Waals surface area contributed by atoms with E-state index in [1.54, 1.807) is 24.3 Å². The van der Waals surface area contributed by atoms with Gasteiger partial charge in [-0.05, 0) is 46.5 Å². The third-order valence-electron chi connectivity index (χ3n) is 5.28. The van der Waals surface area contributed by atoms with E-state index in [0.29, 0.717) is 11.3 Å². The van der Waals surface area contributed by atoms with Crippen LogP contribution in [0.3, 0.4) is 0 Å². The maximum Gasteiger partial charge on any atom is 0.251 e. The van der Waals surface area contributed by atoms with Gasteiger partial charge in [0.2, 0.25) is 11.8 Å². The number of fused-ring (bicyclic) bond motifs is 3. The Kier molecular flexibility index (Phi) is 5.06. The lowest BCUT2D eigenvalue weighted by Gasteiger charge is -2.24. The molecule has 0 aliphatic heterocycles. The van der Waals surface area contributed by atoms with E-state index in [0.717, 1.165) is 22.3 Å². The standard InChI is InChI=1S/C24H21N3O3/c1-14(28)26-16-12-10-15(11-13-16)24(30)27-22(23(25)29)21-19-8-4-2-6-17(19)18-7-3-5-9-20(18)21/h2-13,21-22H,1H3,(H2,25,29)(H,26,28)(H,27,30)/t22-/m0/s1. The van der Waals surface area contributed by atoms with Crippen LogP contribution in [0.25, 0.3) is 11.1 Å². The Labute approximate surface area is 174 Å². The molecule has 3 aromatic carbocycles. The molecule has 0 bridgehead atoms. The van der Waals surface area contributed by atoms with Crippen molar-refractivity contribution in [2.75, 3.05) is 5.32 Å².